The molecule has 1 aromatic heterocycles. The number of sulfonamides is 1. The molecule has 0 radical (unpaired) electrons. The standard InChI is InChI=1S/C19H19N3O4S2/c1-26-17-5-3-2-4-14(17)10-11-20-18(23)15-6-8-16(9-7-15)28(24,25)22-19-21-12-13-27-19/h2-9,12-13H,10-11H2,1H3,(H,20,23)(H,21,22). The zero-order valence-corrected chi connectivity index (χ0v) is 16.7. The fourth-order valence-electron chi connectivity index (χ4n) is 2.56. The van der Waals surface area contributed by atoms with E-state index in [1.165, 1.54) is 41.8 Å². The van der Waals surface area contributed by atoms with E-state index in [0.717, 1.165) is 11.3 Å². The molecule has 1 amide bonds. The Hall–Kier alpha value is -2.91. The second-order valence-electron chi connectivity index (χ2n) is 5.78. The highest BCUT2D eigenvalue weighted by Crippen LogP contribution is 2.19. The molecule has 7 nitrogen and oxygen atoms in total. The summed E-state index contributed by atoms with van der Waals surface area (Å²) in [5.41, 5.74) is 1.38. The lowest BCUT2D eigenvalue weighted by molar-refractivity contribution is 0.0954. The number of ether oxygens (including phenoxy) is 1. The molecule has 9 heteroatoms. The fourth-order valence-corrected chi connectivity index (χ4v) is 4.34. The number of rotatable bonds is 8. The van der Waals surface area contributed by atoms with Gasteiger partial charge in [0.25, 0.3) is 15.9 Å². The number of nitrogens with zero attached hydrogens (tertiary/aromatic N) is 1. The molecule has 0 saturated heterocycles. The number of para-hydroxylation sites is 1. The molecule has 0 saturated carbocycles. The Bertz CT molecular complexity index is 1030. The Balaban J connectivity index is 1.59. The molecule has 0 aliphatic carbocycles. The van der Waals surface area contributed by atoms with Gasteiger partial charge in [0.2, 0.25) is 0 Å². The predicted molar refractivity (Wildman–Crippen MR) is 108 cm³/mol. The van der Waals surface area contributed by atoms with E-state index in [4.69, 9.17) is 4.74 Å². The Morgan fingerprint density at radius 2 is 1.89 bits per heavy atom. The third kappa shape index (κ3) is 4.87. The van der Waals surface area contributed by atoms with Crippen molar-refractivity contribution >= 4 is 32.4 Å². The number of methoxy groups -OCH3 is 1. The number of carbonyl (C=O) groups is 1. The van der Waals surface area contributed by atoms with Crippen molar-refractivity contribution in [2.24, 2.45) is 0 Å². The number of thiazole rings is 1. The molecular weight excluding hydrogens is 398 g/mol. The van der Waals surface area contributed by atoms with Crippen LogP contribution in [-0.2, 0) is 16.4 Å². The summed E-state index contributed by atoms with van der Waals surface area (Å²) in [6.07, 6.45) is 2.14. The first-order valence-electron chi connectivity index (χ1n) is 8.42. The van der Waals surface area contributed by atoms with Crippen molar-refractivity contribution in [3.05, 3.63) is 71.2 Å². The van der Waals surface area contributed by atoms with Gasteiger partial charge in [0.05, 0.1) is 12.0 Å². The van der Waals surface area contributed by atoms with Gasteiger partial charge in [-0.15, -0.1) is 11.3 Å². The van der Waals surface area contributed by atoms with Crippen molar-refractivity contribution in [2.45, 2.75) is 11.3 Å². The number of nitrogens with one attached hydrogen (secondary N) is 2. The molecule has 0 aliphatic rings. The monoisotopic (exact) mass is 417 g/mol. The maximum absolute atomic E-state index is 12.3. The molecule has 0 bridgehead atoms. The van der Waals surface area contributed by atoms with Crippen molar-refractivity contribution < 1.29 is 17.9 Å². The van der Waals surface area contributed by atoms with Gasteiger partial charge >= 0.3 is 0 Å². The van der Waals surface area contributed by atoms with Crippen LogP contribution in [0.25, 0.3) is 0 Å². The lowest BCUT2D eigenvalue weighted by atomic mass is 10.1. The van der Waals surface area contributed by atoms with Gasteiger partial charge in [-0.1, -0.05) is 18.2 Å². The molecule has 2 aromatic carbocycles. The number of aromatic nitrogens is 1. The summed E-state index contributed by atoms with van der Waals surface area (Å²) < 4.78 is 32.3. The van der Waals surface area contributed by atoms with Gasteiger partial charge in [-0.3, -0.25) is 9.52 Å². The third-order valence-corrected chi connectivity index (χ3v) is 6.13. The minimum Gasteiger partial charge on any atom is -0.496 e. The normalized spacial score (nSPS) is 11.0. The van der Waals surface area contributed by atoms with Crippen LogP contribution in [-0.4, -0.2) is 33.0 Å². The first kappa shape index (κ1) is 19.8. The summed E-state index contributed by atoms with van der Waals surface area (Å²) in [6.45, 7) is 0.435. The number of hydrogen-bond acceptors (Lipinski definition) is 6. The smallest absolute Gasteiger partial charge is 0.263 e. The third-order valence-electron chi connectivity index (χ3n) is 3.95. The predicted octanol–water partition coefficient (Wildman–Crippen LogP) is 2.93. The Morgan fingerprint density at radius 3 is 2.57 bits per heavy atom. The summed E-state index contributed by atoms with van der Waals surface area (Å²) in [4.78, 5) is 16.3. The Morgan fingerprint density at radius 1 is 1.14 bits per heavy atom. The van der Waals surface area contributed by atoms with E-state index >= 15 is 0 Å². The van der Waals surface area contributed by atoms with Gasteiger partial charge in [0, 0.05) is 23.7 Å². The number of anilines is 1. The van der Waals surface area contributed by atoms with Gasteiger partial charge in [-0.05, 0) is 42.3 Å². The van der Waals surface area contributed by atoms with Crippen LogP contribution >= 0.6 is 11.3 Å². The van der Waals surface area contributed by atoms with Crippen LogP contribution in [0.3, 0.4) is 0 Å². The maximum atomic E-state index is 12.3. The van der Waals surface area contributed by atoms with Crippen molar-refractivity contribution in [3.8, 4) is 5.75 Å². The molecule has 3 rings (SSSR count). The lowest BCUT2D eigenvalue weighted by Gasteiger charge is -2.10. The molecule has 0 unspecified atom stereocenters. The Labute approximate surface area is 167 Å². The molecule has 28 heavy (non-hydrogen) atoms. The second kappa shape index (κ2) is 8.85. The minimum atomic E-state index is -3.73. The van der Waals surface area contributed by atoms with E-state index in [0.29, 0.717) is 18.5 Å². The number of hydrogen-bond donors (Lipinski definition) is 2. The quantitative estimate of drug-likeness (QED) is 0.587. The van der Waals surface area contributed by atoms with Crippen LogP contribution < -0.4 is 14.8 Å². The van der Waals surface area contributed by atoms with Gasteiger partial charge in [-0.2, -0.15) is 0 Å². The first-order chi connectivity index (χ1) is 13.5. The molecule has 2 N–H and O–H groups in total. The molecule has 0 aliphatic heterocycles. The van der Waals surface area contributed by atoms with Crippen molar-refractivity contribution in [2.75, 3.05) is 18.4 Å². The largest absolute Gasteiger partial charge is 0.496 e. The van der Waals surface area contributed by atoms with Gasteiger partial charge in [0.1, 0.15) is 5.75 Å². The van der Waals surface area contributed by atoms with Crippen LogP contribution in [0.2, 0.25) is 0 Å². The summed E-state index contributed by atoms with van der Waals surface area (Å²) in [5, 5.41) is 4.79. The fraction of sp³-hybridized carbons (Fsp3) is 0.158. The van der Waals surface area contributed by atoms with E-state index in [1.54, 1.807) is 12.5 Å². The molecule has 0 atom stereocenters. The van der Waals surface area contributed by atoms with Crippen LogP contribution in [0.5, 0.6) is 5.75 Å². The van der Waals surface area contributed by atoms with Crippen LogP contribution in [0.4, 0.5) is 5.13 Å². The van der Waals surface area contributed by atoms with Crippen molar-refractivity contribution in [1.29, 1.82) is 0 Å². The summed E-state index contributed by atoms with van der Waals surface area (Å²) in [5.74, 6) is 0.505. The topological polar surface area (TPSA) is 97.4 Å². The highest BCUT2D eigenvalue weighted by Gasteiger charge is 2.16. The average molecular weight is 418 g/mol. The van der Waals surface area contributed by atoms with Crippen molar-refractivity contribution in [3.63, 3.8) is 0 Å². The molecular formula is C19H19N3O4S2. The number of amides is 1. The zero-order chi connectivity index (χ0) is 20.0. The van der Waals surface area contributed by atoms with Gasteiger partial charge in [-0.25, -0.2) is 13.4 Å². The molecule has 3 aromatic rings. The molecule has 0 spiro atoms. The van der Waals surface area contributed by atoms with E-state index in [1.807, 2.05) is 24.3 Å². The lowest BCUT2D eigenvalue weighted by Crippen LogP contribution is -2.25. The first-order valence-corrected chi connectivity index (χ1v) is 10.8. The Kier molecular flexibility index (Phi) is 6.27. The molecule has 0 fully saturated rings. The van der Waals surface area contributed by atoms with Crippen LogP contribution in [0, 0.1) is 0 Å². The van der Waals surface area contributed by atoms with Crippen LogP contribution in [0.1, 0.15) is 15.9 Å². The SMILES string of the molecule is COc1ccccc1CCNC(=O)c1ccc(S(=O)(=O)Nc2nccs2)cc1. The minimum absolute atomic E-state index is 0.0632. The van der Waals surface area contributed by atoms with Gasteiger partial charge in [0.15, 0.2) is 5.13 Å². The maximum Gasteiger partial charge on any atom is 0.263 e. The van der Waals surface area contributed by atoms with Crippen molar-refractivity contribution in [1.82, 2.24) is 10.3 Å². The summed E-state index contributed by atoms with van der Waals surface area (Å²) in [7, 11) is -2.13. The number of carbonyl (C=O) groups excluding carboxylic acids is 1. The van der Waals surface area contributed by atoms with E-state index in [9.17, 15) is 13.2 Å². The molecule has 1 heterocycles. The zero-order valence-electron chi connectivity index (χ0n) is 15.1. The van der Waals surface area contributed by atoms with E-state index < -0.39 is 10.0 Å². The van der Waals surface area contributed by atoms with Crippen LogP contribution in [0.15, 0.2) is 65.0 Å². The highest BCUT2D eigenvalue weighted by molar-refractivity contribution is 7.93. The number of benzene rings is 2. The summed E-state index contributed by atoms with van der Waals surface area (Å²) in [6, 6.07) is 13.4. The van der Waals surface area contributed by atoms with E-state index in [2.05, 4.69) is 15.0 Å². The highest BCUT2D eigenvalue weighted by atomic mass is 32.2. The second-order valence-corrected chi connectivity index (χ2v) is 8.36. The van der Waals surface area contributed by atoms with E-state index in [-0.39, 0.29) is 15.9 Å². The van der Waals surface area contributed by atoms with Gasteiger partial charge < -0.3 is 10.1 Å². The summed E-state index contributed by atoms with van der Waals surface area (Å²) >= 11 is 1.19. The average Bonchev–Trinajstić information content (AvgIpc) is 3.20. The molecule has 146 valence electrons.